The number of carbonyl (C=O) groups excluding carboxylic acids is 1. The first kappa shape index (κ1) is 14.8. The predicted molar refractivity (Wildman–Crippen MR) is 92.3 cm³/mol. The van der Waals surface area contributed by atoms with Crippen LogP contribution < -0.4 is 5.32 Å². The van der Waals surface area contributed by atoms with Crippen LogP contribution >= 0.6 is 0 Å². The second-order valence-electron chi connectivity index (χ2n) is 6.26. The number of furan rings is 1. The van der Waals surface area contributed by atoms with Gasteiger partial charge in [-0.15, -0.1) is 0 Å². The Labute approximate surface area is 141 Å². The van der Waals surface area contributed by atoms with Crippen LogP contribution in [0.5, 0.6) is 0 Å². The molecule has 0 spiro atoms. The van der Waals surface area contributed by atoms with E-state index in [1.54, 1.807) is 6.26 Å². The molecule has 1 atom stereocenters. The van der Waals surface area contributed by atoms with E-state index in [-0.39, 0.29) is 17.2 Å². The third-order valence-corrected chi connectivity index (χ3v) is 4.87. The van der Waals surface area contributed by atoms with E-state index in [0.717, 1.165) is 12.2 Å². The fourth-order valence-electron chi connectivity index (χ4n) is 3.57. The fraction of sp³-hybridized carbons (Fsp3) is 0.190. The Balaban J connectivity index is 1.59. The van der Waals surface area contributed by atoms with Gasteiger partial charge in [-0.05, 0) is 29.7 Å². The normalized spacial score (nSPS) is 18.1. The zero-order valence-electron chi connectivity index (χ0n) is 13.3. The monoisotopic (exact) mass is 317 g/mol. The third kappa shape index (κ3) is 2.52. The van der Waals surface area contributed by atoms with Crippen LogP contribution in [0.1, 0.15) is 23.3 Å². The van der Waals surface area contributed by atoms with Gasteiger partial charge in [-0.2, -0.15) is 0 Å². The molecular weight excluding hydrogens is 298 g/mol. The van der Waals surface area contributed by atoms with Gasteiger partial charge in [0, 0.05) is 5.41 Å². The summed E-state index contributed by atoms with van der Waals surface area (Å²) >= 11 is 0. The van der Waals surface area contributed by atoms with Crippen molar-refractivity contribution < 1.29 is 9.21 Å². The molecule has 0 saturated heterocycles. The van der Waals surface area contributed by atoms with Gasteiger partial charge < -0.3 is 9.73 Å². The first-order valence-electron chi connectivity index (χ1n) is 8.22. The summed E-state index contributed by atoms with van der Waals surface area (Å²) in [6.07, 6.45) is 2.46. The average Bonchev–Trinajstić information content (AvgIpc) is 3.20. The highest BCUT2D eigenvalue weighted by Gasteiger charge is 2.60. The Kier molecular flexibility index (Phi) is 3.69. The molecule has 4 rings (SSSR count). The largest absolute Gasteiger partial charge is 0.467 e. The molecule has 1 saturated carbocycles. The lowest BCUT2D eigenvalue weighted by Gasteiger charge is -2.18. The van der Waals surface area contributed by atoms with Crippen molar-refractivity contribution in [2.45, 2.75) is 18.4 Å². The Morgan fingerprint density at radius 1 is 0.958 bits per heavy atom. The molecule has 1 aliphatic rings. The third-order valence-electron chi connectivity index (χ3n) is 4.87. The number of rotatable bonds is 5. The van der Waals surface area contributed by atoms with Crippen molar-refractivity contribution in [2.75, 3.05) is 0 Å². The van der Waals surface area contributed by atoms with Gasteiger partial charge in [-0.25, -0.2) is 0 Å². The first-order chi connectivity index (χ1) is 11.8. The highest BCUT2D eigenvalue weighted by Crippen LogP contribution is 2.58. The maximum Gasteiger partial charge on any atom is 0.224 e. The zero-order valence-corrected chi connectivity index (χ0v) is 13.3. The minimum Gasteiger partial charge on any atom is -0.467 e. The molecule has 1 amide bonds. The van der Waals surface area contributed by atoms with Crippen molar-refractivity contribution in [2.24, 2.45) is 5.92 Å². The van der Waals surface area contributed by atoms with Crippen LogP contribution in [0.2, 0.25) is 0 Å². The molecule has 1 unspecified atom stereocenters. The zero-order chi connectivity index (χ0) is 16.4. The van der Waals surface area contributed by atoms with Gasteiger partial charge in [0.05, 0.1) is 18.7 Å². The summed E-state index contributed by atoms with van der Waals surface area (Å²) < 4.78 is 5.29. The minimum atomic E-state index is -0.213. The summed E-state index contributed by atoms with van der Waals surface area (Å²) in [7, 11) is 0. The van der Waals surface area contributed by atoms with Crippen LogP contribution in [-0.2, 0) is 16.8 Å². The lowest BCUT2D eigenvalue weighted by Crippen LogP contribution is -2.28. The van der Waals surface area contributed by atoms with E-state index in [2.05, 4.69) is 29.6 Å². The van der Waals surface area contributed by atoms with Gasteiger partial charge in [-0.1, -0.05) is 60.7 Å². The summed E-state index contributed by atoms with van der Waals surface area (Å²) in [6.45, 7) is 0.433. The molecule has 2 aromatic carbocycles. The van der Waals surface area contributed by atoms with Gasteiger partial charge >= 0.3 is 0 Å². The molecule has 24 heavy (non-hydrogen) atoms. The second-order valence-corrected chi connectivity index (χ2v) is 6.26. The van der Waals surface area contributed by atoms with Gasteiger partial charge in [0.2, 0.25) is 5.91 Å². The lowest BCUT2D eigenvalue weighted by molar-refractivity contribution is -0.122. The van der Waals surface area contributed by atoms with Crippen molar-refractivity contribution in [1.82, 2.24) is 5.32 Å². The molecule has 1 aliphatic carbocycles. The number of amides is 1. The molecule has 3 nitrogen and oxygen atoms in total. The summed E-state index contributed by atoms with van der Waals surface area (Å²) in [4.78, 5) is 12.7. The highest BCUT2D eigenvalue weighted by molar-refractivity contribution is 5.86. The number of hydrogen-bond acceptors (Lipinski definition) is 2. The Morgan fingerprint density at radius 2 is 1.58 bits per heavy atom. The molecule has 1 heterocycles. The molecule has 1 N–H and O–H groups in total. The topological polar surface area (TPSA) is 42.2 Å². The highest BCUT2D eigenvalue weighted by atomic mass is 16.3. The quantitative estimate of drug-likeness (QED) is 0.775. The van der Waals surface area contributed by atoms with Crippen molar-refractivity contribution in [3.05, 3.63) is 95.9 Å². The number of nitrogens with one attached hydrogen (secondary N) is 1. The van der Waals surface area contributed by atoms with E-state index in [1.807, 2.05) is 48.5 Å². The second kappa shape index (κ2) is 6.00. The molecule has 0 aliphatic heterocycles. The van der Waals surface area contributed by atoms with Crippen molar-refractivity contribution in [3.63, 3.8) is 0 Å². The molecule has 120 valence electrons. The van der Waals surface area contributed by atoms with E-state index in [0.29, 0.717) is 6.54 Å². The predicted octanol–water partition coefficient (Wildman–Crippen LogP) is 3.90. The van der Waals surface area contributed by atoms with E-state index >= 15 is 0 Å². The summed E-state index contributed by atoms with van der Waals surface area (Å²) in [5.74, 6) is 0.811. The standard InChI is InChI=1S/C21H19NO2/c23-20(22-15-18-12-7-13-24-18)19-14-21(19,16-8-3-1-4-9-16)17-10-5-2-6-11-17/h1-13,19H,14-15H2,(H,22,23). The van der Waals surface area contributed by atoms with Crippen molar-refractivity contribution in [1.29, 1.82) is 0 Å². The fourth-order valence-corrected chi connectivity index (χ4v) is 3.57. The maximum atomic E-state index is 12.7. The van der Waals surface area contributed by atoms with E-state index in [1.165, 1.54) is 11.1 Å². The Morgan fingerprint density at radius 3 is 2.12 bits per heavy atom. The average molecular weight is 317 g/mol. The smallest absolute Gasteiger partial charge is 0.224 e. The summed E-state index contributed by atoms with van der Waals surface area (Å²) in [5.41, 5.74) is 2.19. The first-order valence-corrected chi connectivity index (χ1v) is 8.22. The number of benzene rings is 2. The van der Waals surface area contributed by atoms with E-state index in [4.69, 9.17) is 4.42 Å². The molecule has 0 bridgehead atoms. The SMILES string of the molecule is O=C(NCc1ccco1)C1CC1(c1ccccc1)c1ccccc1. The molecule has 3 heteroatoms. The Hall–Kier alpha value is -2.81. The molecule has 1 fully saturated rings. The molecule has 3 aromatic rings. The van der Waals surface area contributed by atoms with Gasteiger partial charge in [0.15, 0.2) is 0 Å². The van der Waals surface area contributed by atoms with Crippen molar-refractivity contribution in [3.8, 4) is 0 Å². The van der Waals surface area contributed by atoms with Crippen LogP contribution in [0.15, 0.2) is 83.5 Å². The van der Waals surface area contributed by atoms with Crippen LogP contribution in [0.4, 0.5) is 0 Å². The van der Waals surface area contributed by atoms with E-state index < -0.39 is 0 Å². The maximum absolute atomic E-state index is 12.7. The summed E-state index contributed by atoms with van der Waals surface area (Å²) in [5, 5.41) is 3.01. The van der Waals surface area contributed by atoms with Crippen molar-refractivity contribution >= 4 is 5.91 Å². The van der Waals surface area contributed by atoms with Gasteiger partial charge in [-0.3, -0.25) is 4.79 Å². The molecule has 1 aromatic heterocycles. The minimum absolute atomic E-state index is 0.0442. The lowest BCUT2D eigenvalue weighted by atomic mass is 9.85. The number of carbonyl (C=O) groups is 1. The van der Waals surface area contributed by atoms with Crippen LogP contribution in [0.25, 0.3) is 0 Å². The van der Waals surface area contributed by atoms with E-state index in [9.17, 15) is 4.79 Å². The summed E-state index contributed by atoms with van der Waals surface area (Å²) in [6, 6.07) is 24.3. The van der Waals surface area contributed by atoms with Crippen LogP contribution in [-0.4, -0.2) is 5.91 Å². The van der Waals surface area contributed by atoms with Crippen LogP contribution in [0.3, 0.4) is 0 Å². The van der Waals surface area contributed by atoms with Gasteiger partial charge in [0.25, 0.3) is 0 Å². The molecule has 0 radical (unpaired) electrons. The van der Waals surface area contributed by atoms with Crippen LogP contribution in [0, 0.1) is 5.92 Å². The molecular formula is C21H19NO2. The van der Waals surface area contributed by atoms with Gasteiger partial charge in [0.1, 0.15) is 5.76 Å². The number of hydrogen-bond donors (Lipinski definition) is 1. The Bertz CT molecular complexity index is 770.